The van der Waals surface area contributed by atoms with Gasteiger partial charge in [0.1, 0.15) is 5.75 Å². The van der Waals surface area contributed by atoms with Crippen LogP contribution in [0.3, 0.4) is 0 Å². The van der Waals surface area contributed by atoms with Gasteiger partial charge in [-0.15, -0.1) is 0 Å². The predicted octanol–water partition coefficient (Wildman–Crippen LogP) is 2.80. The first-order valence-electron chi connectivity index (χ1n) is 6.42. The molecule has 1 aromatic carbocycles. The fourth-order valence-electron chi connectivity index (χ4n) is 2.91. The van der Waals surface area contributed by atoms with Crippen molar-refractivity contribution in [3.05, 3.63) is 29.8 Å². The molecule has 0 bridgehead atoms. The Hall–Kier alpha value is -1.53. The van der Waals surface area contributed by atoms with Gasteiger partial charge in [0, 0.05) is 0 Å². The van der Waals surface area contributed by atoms with E-state index in [-0.39, 0.29) is 11.0 Å². The van der Waals surface area contributed by atoms with Crippen molar-refractivity contribution in [3.63, 3.8) is 0 Å². The van der Waals surface area contributed by atoms with Crippen LogP contribution in [0.2, 0.25) is 0 Å². The SMILES string of the molecule is COc1cccc(C2(C#N)CCC3(CC2)CO3)c1. The molecule has 2 aliphatic rings. The first-order chi connectivity index (χ1) is 8.72. The van der Waals surface area contributed by atoms with Crippen molar-refractivity contribution in [3.8, 4) is 11.8 Å². The molecule has 0 aromatic heterocycles. The Kier molecular flexibility index (Phi) is 2.57. The van der Waals surface area contributed by atoms with Gasteiger partial charge in [-0.05, 0) is 43.4 Å². The second-order valence-electron chi connectivity index (χ2n) is 5.40. The number of epoxide rings is 1. The van der Waals surface area contributed by atoms with Crippen LogP contribution in [0.25, 0.3) is 0 Å². The summed E-state index contributed by atoms with van der Waals surface area (Å²) in [6.45, 7) is 0.882. The lowest BCUT2D eigenvalue weighted by Gasteiger charge is -2.34. The molecule has 3 rings (SSSR count). The molecule has 94 valence electrons. The predicted molar refractivity (Wildman–Crippen MR) is 67.4 cm³/mol. The molecule has 1 saturated carbocycles. The minimum Gasteiger partial charge on any atom is -0.497 e. The third-order valence-corrected chi connectivity index (χ3v) is 4.40. The summed E-state index contributed by atoms with van der Waals surface area (Å²) >= 11 is 0. The van der Waals surface area contributed by atoms with Crippen molar-refractivity contribution in [2.24, 2.45) is 0 Å². The van der Waals surface area contributed by atoms with E-state index in [4.69, 9.17) is 9.47 Å². The molecule has 0 amide bonds. The number of rotatable bonds is 2. The van der Waals surface area contributed by atoms with Crippen LogP contribution < -0.4 is 4.74 Å². The topological polar surface area (TPSA) is 45.5 Å². The quantitative estimate of drug-likeness (QED) is 0.750. The van der Waals surface area contributed by atoms with Crippen molar-refractivity contribution in [2.75, 3.05) is 13.7 Å². The summed E-state index contributed by atoms with van der Waals surface area (Å²) in [5, 5.41) is 9.62. The number of nitriles is 1. The van der Waals surface area contributed by atoms with Gasteiger partial charge in [-0.1, -0.05) is 12.1 Å². The maximum Gasteiger partial charge on any atom is 0.119 e. The molecule has 0 unspecified atom stereocenters. The first kappa shape index (κ1) is 11.6. The number of benzene rings is 1. The normalized spacial score (nSPS) is 34.0. The minimum atomic E-state index is -0.355. The fourth-order valence-corrected chi connectivity index (χ4v) is 2.91. The van der Waals surface area contributed by atoms with Gasteiger partial charge in [0.15, 0.2) is 0 Å². The highest BCUT2D eigenvalue weighted by Crippen LogP contribution is 2.49. The molecule has 1 spiro atoms. The molecule has 1 heterocycles. The van der Waals surface area contributed by atoms with E-state index in [0.717, 1.165) is 43.6 Å². The van der Waals surface area contributed by atoms with E-state index >= 15 is 0 Å². The van der Waals surface area contributed by atoms with Crippen molar-refractivity contribution < 1.29 is 9.47 Å². The van der Waals surface area contributed by atoms with E-state index in [1.165, 1.54) is 0 Å². The Balaban J connectivity index is 1.89. The lowest BCUT2D eigenvalue weighted by atomic mass is 9.67. The summed E-state index contributed by atoms with van der Waals surface area (Å²) in [6.07, 6.45) is 3.77. The monoisotopic (exact) mass is 243 g/mol. The van der Waals surface area contributed by atoms with Gasteiger partial charge in [-0.3, -0.25) is 0 Å². The van der Waals surface area contributed by atoms with Gasteiger partial charge in [0.25, 0.3) is 0 Å². The molecule has 1 aliphatic heterocycles. The maximum atomic E-state index is 9.62. The molecule has 18 heavy (non-hydrogen) atoms. The summed E-state index contributed by atoms with van der Waals surface area (Å²) in [5.41, 5.74) is 0.852. The summed E-state index contributed by atoms with van der Waals surface area (Å²) in [7, 11) is 1.66. The van der Waals surface area contributed by atoms with Gasteiger partial charge in [-0.25, -0.2) is 0 Å². The second-order valence-corrected chi connectivity index (χ2v) is 5.40. The van der Waals surface area contributed by atoms with Crippen LogP contribution in [-0.4, -0.2) is 19.3 Å². The highest BCUT2D eigenvalue weighted by molar-refractivity contribution is 5.39. The van der Waals surface area contributed by atoms with Crippen LogP contribution in [0.1, 0.15) is 31.2 Å². The second kappa shape index (κ2) is 4.00. The van der Waals surface area contributed by atoms with E-state index < -0.39 is 0 Å². The Morgan fingerprint density at radius 2 is 2.00 bits per heavy atom. The molecule has 0 atom stereocenters. The van der Waals surface area contributed by atoms with Crippen LogP contribution in [0, 0.1) is 11.3 Å². The van der Waals surface area contributed by atoms with E-state index in [9.17, 15) is 5.26 Å². The molecule has 3 heteroatoms. The molecule has 0 N–H and O–H groups in total. The van der Waals surface area contributed by atoms with Crippen molar-refractivity contribution in [1.82, 2.24) is 0 Å². The Bertz CT molecular complexity index is 489. The number of methoxy groups -OCH3 is 1. The maximum absolute atomic E-state index is 9.62. The Labute approximate surface area is 107 Å². The summed E-state index contributed by atoms with van der Waals surface area (Å²) < 4.78 is 10.8. The van der Waals surface area contributed by atoms with Crippen molar-refractivity contribution >= 4 is 0 Å². The van der Waals surface area contributed by atoms with Gasteiger partial charge in [-0.2, -0.15) is 5.26 Å². The number of ether oxygens (including phenoxy) is 2. The fraction of sp³-hybridized carbons (Fsp3) is 0.533. The van der Waals surface area contributed by atoms with Crippen LogP contribution >= 0.6 is 0 Å². The molecule has 2 fully saturated rings. The number of nitrogens with zero attached hydrogens (tertiary/aromatic N) is 1. The third kappa shape index (κ3) is 1.77. The minimum absolute atomic E-state index is 0.124. The highest BCUT2D eigenvalue weighted by atomic mass is 16.6. The number of hydrogen-bond donors (Lipinski definition) is 0. The lowest BCUT2D eigenvalue weighted by Crippen LogP contribution is -2.33. The molecule has 1 aliphatic carbocycles. The molecule has 0 radical (unpaired) electrons. The van der Waals surface area contributed by atoms with Gasteiger partial charge in [0.2, 0.25) is 0 Å². The summed E-state index contributed by atoms with van der Waals surface area (Å²) in [6, 6.07) is 10.5. The van der Waals surface area contributed by atoms with Gasteiger partial charge >= 0.3 is 0 Å². The smallest absolute Gasteiger partial charge is 0.119 e. The summed E-state index contributed by atoms with van der Waals surface area (Å²) in [4.78, 5) is 0. The third-order valence-electron chi connectivity index (χ3n) is 4.40. The average Bonchev–Trinajstić information content (AvgIpc) is 3.20. The average molecular weight is 243 g/mol. The summed E-state index contributed by atoms with van der Waals surface area (Å²) in [5.74, 6) is 0.824. The van der Waals surface area contributed by atoms with Crippen molar-refractivity contribution in [2.45, 2.75) is 36.7 Å². The molecule has 3 nitrogen and oxygen atoms in total. The highest BCUT2D eigenvalue weighted by Gasteiger charge is 2.51. The van der Waals surface area contributed by atoms with Crippen molar-refractivity contribution in [1.29, 1.82) is 5.26 Å². The van der Waals surface area contributed by atoms with Gasteiger partial charge in [0.05, 0.1) is 30.8 Å². The van der Waals surface area contributed by atoms with E-state index in [1.807, 2.05) is 24.3 Å². The standard InChI is InChI=1S/C15H17NO2/c1-17-13-4-2-3-12(9-13)14(10-16)5-7-15(8-6-14)11-18-15/h2-4,9H,5-8,11H2,1H3. The lowest BCUT2D eigenvalue weighted by molar-refractivity contribution is 0.200. The zero-order chi connectivity index (χ0) is 12.6. The molecular weight excluding hydrogens is 226 g/mol. The van der Waals surface area contributed by atoms with Crippen LogP contribution in [0.5, 0.6) is 5.75 Å². The molecule has 1 saturated heterocycles. The van der Waals surface area contributed by atoms with Crippen LogP contribution in [0.4, 0.5) is 0 Å². The van der Waals surface area contributed by atoms with Crippen LogP contribution in [-0.2, 0) is 10.2 Å². The van der Waals surface area contributed by atoms with E-state index in [0.29, 0.717) is 0 Å². The number of hydrogen-bond acceptors (Lipinski definition) is 3. The zero-order valence-corrected chi connectivity index (χ0v) is 10.6. The molecule has 1 aromatic rings. The molecular formula is C15H17NO2. The van der Waals surface area contributed by atoms with Gasteiger partial charge < -0.3 is 9.47 Å². The zero-order valence-electron chi connectivity index (χ0n) is 10.6. The van der Waals surface area contributed by atoms with E-state index in [2.05, 4.69) is 6.07 Å². The first-order valence-corrected chi connectivity index (χ1v) is 6.42. The Morgan fingerprint density at radius 1 is 1.28 bits per heavy atom. The van der Waals surface area contributed by atoms with E-state index in [1.54, 1.807) is 7.11 Å². The Morgan fingerprint density at radius 3 is 2.56 bits per heavy atom. The van der Waals surface area contributed by atoms with Crippen LogP contribution in [0.15, 0.2) is 24.3 Å². The largest absolute Gasteiger partial charge is 0.497 e.